The molecule has 6 atom stereocenters. The first-order valence-corrected chi connectivity index (χ1v) is 14.2. The number of fused-ring (bicyclic) bond motifs is 2. The fraction of sp³-hybridized carbons (Fsp3) is 0.531. The van der Waals surface area contributed by atoms with E-state index in [1.54, 1.807) is 0 Å². The van der Waals surface area contributed by atoms with E-state index < -0.39 is 11.8 Å². The van der Waals surface area contributed by atoms with Crippen molar-refractivity contribution in [2.75, 3.05) is 32.7 Å². The predicted molar refractivity (Wildman–Crippen MR) is 146 cm³/mol. The van der Waals surface area contributed by atoms with Crippen molar-refractivity contribution in [1.82, 2.24) is 9.80 Å². The molecule has 0 radical (unpaired) electrons. The van der Waals surface area contributed by atoms with Crippen LogP contribution in [0.25, 0.3) is 0 Å². The van der Waals surface area contributed by atoms with Gasteiger partial charge in [-0.05, 0) is 18.8 Å². The van der Waals surface area contributed by atoms with Gasteiger partial charge in [0, 0.05) is 61.6 Å². The van der Waals surface area contributed by atoms with Gasteiger partial charge < -0.3 is 14.9 Å². The fourth-order valence-corrected chi connectivity index (χ4v) is 7.68. The summed E-state index contributed by atoms with van der Waals surface area (Å²) in [5.74, 6) is -0.279. The average molecular weight is 517 g/mol. The number of hydrogen-bond acceptors (Lipinski definition) is 6. The zero-order valence-electron chi connectivity index (χ0n) is 22.5. The number of rotatable bonds is 5. The van der Waals surface area contributed by atoms with Gasteiger partial charge in [0.2, 0.25) is 0 Å². The highest BCUT2D eigenvalue weighted by molar-refractivity contribution is 5.76. The van der Waals surface area contributed by atoms with Gasteiger partial charge in [0.15, 0.2) is 5.72 Å². The summed E-state index contributed by atoms with van der Waals surface area (Å²) in [4.78, 5) is 17.6. The number of piperazine rings is 1. The van der Waals surface area contributed by atoms with Gasteiger partial charge in [-0.25, -0.2) is 0 Å². The number of ether oxygens (including phenoxy) is 1. The number of carbonyl (C=O) groups excluding carboxylic acids is 1. The SMILES string of the molecule is C[C@@H]1CCC=C2C[C@H]3OC(=O)[C@H](CN4CCN(C(O)(c5ccccc5)c5ccccc5)CC4)[C@@H]3[C@@H](O)[C@@]21C. The minimum Gasteiger partial charge on any atom is -0.461 e. The zero-order chi connectivity index (χ0) is 26.5. The molecule has 4 aliphatic rings. The number of benzene rings is 2. The number of aliphatic hydroxyl groups excluding tert-OH is 1. The molecule has 2 N–H and O–H groups in total. The summed E-state index contributed by atoms with van der Waals surface area (Å²) >= 11 is 0. The number of hydrogen-bond donors (Lipinski definition) is 2. The van der Waals surface area contributed by atoms with Crippen LogP contribution in [-0.2, 0) is 15.3 Å². The number of carbonyl (C=O) groups is 1. The van der Waals surface area contributed by atoms with E-state index in [2.05, 4.69) is 29.7 Å². The molecule has 0 unspecified atom stereocenters. The molecular formula is C32H40N2O4. The normalized spacial score (nSPS) is 34.3. The van der Waals surface area contributed by atoms with E-state index in [1.165, 1.54) is 5.57 Å². The lowest BCUT2D eigenvalue weighted by Gasteiger charge is -2.52. The van der Waals surface area contributed by atoms with Crippen LogP contribution in [-0.4, -0.2) is 70.9 Å². The lowest BCUT2D eigenvalue weighted by molar-refractivity contribution is -0.145. The average Bonchev–Trinajstić information content (AvgIpc) is 3.26. The molecule has 0 bridgehead atoms. The van der Waals surface area contributed by atoms with E-state index in [0.29, 0.717) is 25.6 Å². The van der Waals surface area contributed by atoms with Crippen molar-refractivity contribution in [3.05, 3.63) is 83.4 Å². The molecule has 38 heavy (non-hydrogen) atoms. The molecule has 2 aliphatic carbocycles. The second kappa shape index (κ2) is 9.91. The second-order valence-electron chi connectivity index (χ2n) is 12.0. The minimum absolute atomic E-state index is 0.165. The first-order chi connectivity index (χ1) is 18.3. The molecule has 2 heterocycles. The molecule has 3 fully saturated rings. The Balaban J connectivity index is 1.18. The molecule has 2 aromatic carbocycles. The van der Waals surface area contributed by atoms with Crippen LogP contribution >= 0.6 is 0 Å². The van der Waals surface area contributed by atoms with E-state index in [9.17, 15) is 15.0 Å². The molecule has 2 aliphatic heterocycles. The third-order valence-electron chi connectivity index (χ3n) is 10.2. The quantitative estimate of drug-likeness (QED) is 0.466. The largest absolute Gasteiger partial charge is 0.461 e. The summed E-state index contributed by atoms with van der Waals surface area (Å²) in [5, 5.41) is 23.8. The molecule has 0 amide bonds. The molecule has 0 spiro atoms. The summed E-state index contributed by atoms with van der Waals surface area (Å²) in [7, 11) is 0. The monoisotopic (exact) mass is 516 g/mol. The van der Waals surface area contributed by atoms with Crippen LogP contribution in [0.15, 0.2) is 72.3 Å². The van der Waals surface area contributed by atoms with Crippen LogP contribution in [0.4, 0.5) is 0 Å². The van der Waals surface area contributed by atoms with Crippen molar-refractivity contribution in [1.29, 1.82) is 0 Å². The van der Waals surface area contributed by atoms with Crippen molar-refractivity contribution in [3.63, 3.8) is 0 Å². The van der Waals surface area contributed by atoms with Crippen LogP contribution in [0.3, 0.4) is 0 Å². The van der Waals surface area contributed by atoms with Crippen LogP contribution in [0.1, 0.15) is 44.2 Å². The second-order valence-corrected chi connectivity index (χ2v) is 12.0. The number of allylic oxidation sites excluding steroid dienone is 1. The van der Waals surface area contributed by atoms with E-state index in [0.717, 1.165) is 43.5 Å². The Kier molecular flexibility index (Phi) is 6.71. The number of nitrogens with zero attached hydrogens (tertiary/aromatic N) is 2. The molecule has 2 aromatic rings. The van der Waals surface area contributed by atoms with Crippen molar-refractivity contribution in [2.24, 2.45) is 23.2 Å². The van der Waals surface area contributed by atoms with E-state index in [1.807, 2.05) is 60.7 Å². The molecule has 2 saturated heterocycles. The Morgan fingerprint density at radius 3 is 2.21 bits per heavy atom. The van der Waals surface area contributed by atoms with Crippen molar-refractivity contribution < 1.29 is 19.7 Å². The zero-order valence-corrected chi connectivity index (χ0v) is 22.5. The van der Waals surface area contributed by atoms with Gasteiger partial charge >= 0.3 is 5.97 Å². The Hall–Kier alpha value is -2.51. The molecule has 6 heteroatoms. The Morgan fingerprint density at radius 2 is 1.61 bits per heavy atom. The molecule has 6 rings (SSSR count). The van der Waals surface area contributed by atoms with Crippen LogP contribution in [0.5, 0.6) is 0 Å². The molecule has 6 nitrogen and oxygen atoms in total. The van der Waals surface area contributed by atoms with Gasteiger partial charge in [0.05, 0.1) is 12.0 Å². The van der Waals surface area contributed by atoms with Gasteiger partial charge in [-0.2, -0.15) is 0 Å². The first-order valence-electron chi connectivity index (χ1n) is 14.2. The molecular weight excluding hydrogens is 476 g/mol. The summed E-state index contributed by atoms with van der Waals surface area (Å²) in [6.45, 7) is 7.82. The highest BCUT2D eigenvalue weighted by Gasteiger charge is 2.60. The smallest absolute Gasteiger partial charge is 0.311 e. The maximum absolute atomic E-state index is 13.1. The lowest BCUT2D eigenvalue weighted by Crippen LogP contribution is -2.58. The van der Waals surface area contributed by atoms with Crippen LogP contribution < -0.4 is 0 Å². The standard InChI is InChI=1S/C32H40N2O4/c1-22-10-9-15-25-20-27-28(29(35)31(22,25)2)26(30(36)38-27)21-33-16-18-34(19-17-33)32(37,23-11-5-3-6-12-23)24-13-7-4-8-14-24/h3-8,11-15,22,26-29,35,37H,9-10,16-21H2,1-2H3/t22-,26-,27-,28+,29-,31-/m1/s1. The summed E-state index contributed by atoms with van der Waals surface area (Å²) < 4.78 is 5.89. The van der Waals surface area contributed by atoms with Gasteiger partial charge in [0.25, 0.3) is 0 Å². The van der Waals surface area contributed by atoms with Crippen molar-refractivity contribution >= 4 is 5.97 Å². The van der Waals surface area contributed by atoms with E-state index >= 15 is 0 Å². The number of esters is 1. The molecule has 202 valence electrons. The Labute approximate surface area is 225 Å². The van der Waals surface area contributed by atoms with E-state index in [-0.39, 0.29) is 29.3 Å². The Morgan fingerprint density at radius 1 is 1.00 bits per heavy atom. The summed E-state index contributed by atoms with van der Waals surface area (Å²) in [6.07, 6.45) is 4.33. The number of aliphatic hydroxyl groups is 2. The van der Waals surface area contributed by atoms with Gasteiger partial charge in [-0.3, -0.25) is 14.6 Å². The molecule has 1 saturated carbocycles. The highest BCUT2D eigenvalue weighted by Crippen LogP contribution is 2.56. The van der Waals surface area contributed by atoms with Crippen LogP contribution in [0.2, 0.25) is 0 Å². The molecule has 0 aromatic heterocycles. The maximum atomic E-state index is 13.1. The van der Waals surface area contributed by atoms with Gasteiger partial charge in [0.1, 0.15) is 6.10 Å². The van der Waals surface area contributed by atoms with Crippen molar-refractivity contribution in [2.45, 2.75) is 51.0 Å². The summed E-state index contributed by atoms with van der Waals surface area (Å²) in [6, 6.07) is 19.7. The third kappa shape index (κ3) is 4.04. The first kappa shape index (κ1) is 25.8. The van der Waals surface area contributed by atoms with E-state index in [4.69, 9.17) is 4.74 Å². The minimum atomic E-state index is -1.22. The van der Waals surface area contributed by atoms with Crippen molar-refractivity contribution in [3.8, 4) is 0 Å². The fourth-order valence-electron chi connectivity index (χ4n) is 7.68. The highest BCUT2D eigenvalue weighted by atomic mass is 16.6. The van der Waals surface area contributed by atoms with Gasteiger partial charge in [-0.1, -0.05) is 86.2 Å². The Bertz CT molecular complexity index is 1140. The lowest BCUT2D eigenvalue weighted by atomic mass is 9.55. The predicted octanol–water partition coefficient (Wildman–Crippen LogP) is 3.78. The maximum Gasteiger partial charge on any atom is 0.311 e. The third-order valence-corrected chi connectivity index (χ3v) is 10.2. The van der Waals surface area contributed by atoms with Crippen LogP contribution in [0, 0.1) is 23.2 Å². The summed E-state index contributed by atoms with van der Waals surface area (Å²) in [5.41, 5.74) is 1.47. The van der Waals surface area contributed by atoms with Gasteiger partial charge in [-0.15, -0.1) is 0 Å². The topological polar surface area (TPSA) is 73.2 Å².